The van der Waals surface area contributed by atoms with E-state index in [9.17, 15) is 0 Å². The van der Waals surface area contributed by atoms with Crippen LogP contribution in [0.2, 0.25) is 0 Å². The average molecular weight is 386 g/mol. The fraction of sp³-hybridized carbons (Fsp3) is 0.143. The Bertz CT molecular complexity index is 1350. The lowest BCUT2D eigenvalue weighted by molar-refractivity contribution is 0.395. The third-order valence-corrected chi connectivity index (χ3v) is 4.87. The molecule has 144 valence electrons. The van der Waals surface area contributed by atoms with Gasteiger partial charge in [-0.15, -0.1) is 10.2 Å². The number of methoxy groups -OCH3 is 2. The van der Waals surface area contributed by atoms with Gasteiger partial charge >= 0.3 is 0 Å². The van der Waals surface area contributed by atoms with E-state index in [1.807, 2.05) is 52.4 Å². The van der Waals surface area contributed by atoms with Crippen molar-refractivity contribution in [2.75, 3.05) is 14.2 Å². The van der Waals surface area contributed by atoms with Crippen LogP contribution in [0.25, 0.3) is 33.8 Å². The van der Waals surface area contributed by atoms with E-state index in [2.05, 4.69) is 26.3 Å². The Morgan fingerprint density at radius 3 is 2.62 bits per heavy atom. The molecular formula is C21H18N6O2. The Balaban J connectivity index is 1.69. The van der Waals surface area contributed by atoms with Gasteiger partial charge in [0.2, 0.25) is 0 Å². The fourth-order valence-electron chi connectivity index (χ4n) is 3.44. The summed E-state index contributed by atoms with van der Waals surface area (Å²) in [6.45, 7) is 2.05. The smallest absolute Gasteiger partial charge is 0.175 e. The van der Waals surface area contributed by atoms with Gasteiger partial charge < -0.3 is 9.47 Å². The summed E-state index contributed by atoms with van der Waals surface area (Å²) in [5.74, 6) is 1.99. The first-order valence-electron chi connectivity index (χ1n) is 9.06. The quantitative estimate of drug-likeness (QED) is 0.471. The van der Waals surface area contributed by atoms with Crippen LogP contribution < -0.4 is 9.47 Å². The van der Waals surface area contributed by atoms with Crippen LogP contribution >= 0.6 is 0 Å². The van der Waals surface area contributed by atoms with E-state index in [-0.39, 0.29) is 0 Å². The van der Waals surface area contributed by atoms with Gasteiger partial charge in [0.15, 0.2) is 17.1 Å². The Hall–Kier alpha value is -3.94. The van der Waals surface area contributed by atoms with Crippen LogP contribution in [-0.2, 0) is 0 Å². The van der Waals surface area contributed by atoms with Crippen LogP contribution in [-0.4, -0.2) is 43.6 Å². The molecule has 0 bridgehead atoms. The number of aryl methyl sites for hydroxylation is 1. The number of benzene rings is 2. The van der Waals surface area contributed by atoms with Gasteiger partial charge in [-0.3, -0.25) is 4.40 Å². The van der Waals surface area contributed by atoms with E-state index < -0.39 is 0 Å². The summed E-state index contributed by atoms with van der Waals surface area (Å²) in [6.07, 6.45) is 3.48. The van der Waals surface area contributed by atoms with Crippen LogP contribution in [0.5, 0.6) is 11.5 Å². The van der Waals surface area contributed by atoms with E-state index in [0.717, 1.165) is 27.8 Å². The summed E-state index contributed by atoms with van der Waals surface area (Å²) in [5.41, 5.74) is 4.32. The van der Waals surface area contributed by atoms with E-state index in [4.69, 9.17) is 9.47 Å². The second kappa shape index (κ2) is 6.59. The summed E-state index contributed by atoms with van der Waals surface area (Å²) >= 11 is 0. The van der Waals surface area contributed by atoms with Crippen molar-refractivity contribution in [2.24, 2.45) is 0 Å². The molecule has 0 unspecified atom stereocenters. The molecule has 0 saturated carbocycles. The molecule has 0 aliphatic carbocycles. The molecule has 8 heteroatoms. The molecular weight excluding hydrogens is 368 g/mol. The highest BCUT2D eigenvalue weighted by Crippen LogP contribution is 2.33. The Labute approximate surface area is 166 Å². The minimum absolute atomic E-state index is 0.636. The number of fused-ring (bicyclic) bond motifs is 3. The van der Waals surface area contributed by atoms with Crippen molar-refractivity contribution in [1.82, 2.24) is 29.4 Å². The van der Waals surface area contributed by atoms with Crippen molar-refractivity contribution in [3.63, 3.8) is 0 Å². The molecule has 0 spiro atoms. The molecule has 3 aromatic heterocycles. The number of hydrogen-bond donors (Lipinski definition) is 0. The predicted octanol–water partition coefficient (Wildman–Crippen LogP) is 3.46. The van der Waals surface area contributed by atoms with Gasteiger partial charge in [0, 0.05) is 6.07 Å². The highest BCUT2D eigenvalue weighted by atomic mass is 16.5. The molecule has 8 nitrogen and oxygen atoms in total. The van der Waals surface area contributed by atoms with Crippen LogP contribution in [0.1, 0.15) is 5.56 Å². The molecule has 0 aliphatic rings. The predicted molar refractivity (Wildman–Crippen MR) is 109 cm³/mol. The summed E-state index contributed by atoms with van der Waals surface area (Å²) in [4.78, 5) is 4.64. The second-order valence-electron chi connectivity index (χ2n) is 6.66. The average Bonchev–Trinajstić information content (AvgIpc) is 3.37. The lowest BCUT2D eigenvalue weighted by atomic mass is 10.2. The monoisotopic (exact) mass is 386 g/mol. The van der Waals surface area contributed by atoms with Crippen molar-refractivity contribution in [3.8, 4) is 28.6 Å². The standard InChI is InChI=1S/C21H18N6O2/c1-13-5-4-6-14(9-13)27-19-17(11-23-27)21-25-24-20(26(21)12-22-19)16-8-7-15(28-2)10-18(16)29-3/h4-12H,1-3H3. The van der Waals surface area contributed by atoms with Gasteiger partial charge in [0.25, 0.3) is 0 Å². The summed E-state index contributed by atoms with van der Waals surface area (Å²) < 4.78 is 14.5. The first-order valence-corrected chi connectivity index (χ1v) is 9.06. The number of aromatic nitrogens is 6. The van der Waals surface area contributed by atoms with Gasteiger partial charge in [-0.05, 0) is 36.8 Å². The molecule has 0 saturated heterocycles. The summed E-state index contributed by atoms with van der Waals surface area (Å²) in [6, 6.07) is 13.7. The van der Waals surface area contributed by atoms with E-state index >= 15 is 0 Å². The van der Waals surface area contributed by atoms with E-state index in [1.165, 1.54) is 0 Å². The van der Waals surface area contributed by atoms with Crippen LogP contribution in [0.4, 0.5) is 0 Å². The van der Waals surface area contributed by atoms with Gasteiger partial charge in [0.1, 0.15) is 17.8 Å². The van der Waals surface area contributed by atoms with Gasteiger partial charge in [-0.2, -0.15) is 5.10 Å². The van der Waals surface area contributed by atoms with E-state index in [0.29, 0.717) is 23.0 Å². The van der Waals surface area contributed by atoms with Crippen LogP contribution in [0.15, 0.2) is 55.0 Å². The first-order chi connectivity index (χ1) is 14.2. The van der Waals surface area contributed by atoms with Crippen molar-refractivity contribution in [3.05, 3.63) is 60.6 Å². The molecule has 0 fully saturated rings. The zero-order valence-corrected chi connectivity index (χ0v) is 16.2. The Kier molecular flexibility index (Phi) is 3.90. The molecule has 0 atom stereocenters. The maximum Gasteiger partial charge on any atom is 0.175 e. The maximum atomic E-state index is 5.52. The minimum atomic E-state index is 0.636. The largest absolute Gasteiger partial charge is 0.497 e. The molecule has 0 radical (unpaired) electrons. The third kappa shape index (κ3) is 2.68. The summed E-state index contributed by atoms with van der Waals surface area (Å²) in [5, 5.41) is 14.1. The van der Waals surface area contributed by atoms with Crippen LogP contribution in [0, 0.1) is 6.92 Å². The highest BCUT2D eigenvalue weighted by molar-refractivity contribution is 5.90. The topological polar surface area (TPSA) is 79.4 Å². The normalized spacial score (nSPS) is 11.3. The van der Waals surface area contributed by atoms with E-state index in [1.54, 1.807) is 26.7 Å². The lowest BCUT2D eigenvalue weighted by Gasteiger charge is -2.09. The Morgan fingerprint density at radius 1 is 0.931 bits per heavy atom. The lowest BCUT2D eigenvalue weighted by Crippen LogP contribution is -1.99. The molecule has 5 rings (SSSR count). The summed E-state index contributed by atoms with van der Waals surface area (Å²) in [7, 11) is 3.23. The van der Waals surface area contributed by atoms with Gasteiger partial charge in [-0.1, -0.05) is 12.1 Å². The van der Waals surface area contributed by atoms with Crippen molar-refractivity contribution >= 4 is 16.7 Å². The van der Waals surface area contributed by atoms with Crippen molar-refractivity contribution in [1.29, 1.82) is 0 Å². The maximum absolute atomic E-state index is 5.52. The first kappa shape index (κ1) is 17.2. The minimum Gasteiger partial charge on any atom is -0.497 e. The van der Waals surface area contributed by atoms with Crippen LogP contribution in [0.3, 0.4) is 0 Å². The molecule has 5 aromatic rings. The molecule has 0 aliphatic heterocycles. The van der Waals surface area contributed by atoms with Crippen molar-refractivity contribution < 1.29 is 9.47 Å². The fourth-order valence-corrected chi connectivity index (χ4v) is 3.44. The number of ether oxygens (including phenoxy) is 2. The number of hydrogen-bond acceptors (Lipinski definition) is 6. The third-order valence-electron chi connectivity index (χ3n) is 4.87. The Morgan fingerprint density at radius 2 is 1.83 bits per heavy atom. The zero-order valence-electron chi connectivity index (χ0n) is 16.2. The molecule has 0 amide bonds. The molecule has 0 N–H and O–H groups in total. The van der Waals surface area contributed by atoms with Gasteiger partial charge in [-0.25, -0.2) is 9.67 Å². The molecule has 29 heavy (non-hydrogen) atoms. The zero-order chi connectivity index (χ0) is 20.0. The SMILES string of the molecule is COc1ccc(-c2nnc3c4cnn(-c5cccc(C)c5)c4ncn23)c(OC)c1. The second-order valence-corrected chi connectivity index (χ2v) is 6.66. The van der Waals surface area contributed by atoms with Crippen molar-refractivity contribution in [2.45, 2.75) is 6.92 Å². The highest BCUT2D eigenvalue weighted by Gasteiger charge is 2.18. The molecule has 2 aromatic carbocycles. The van der Waals surface area contributed by atoms with Gasteiger partial charge in [0.05, 0.1) is 37.1 Å². The number of nitrogens with zero attached hydrogens (tertiary/aromatic N) is 6. The molecule has 3 heterocycles. The number of rotatable bonds is 4.